The number of anilines is 1. The minimum absolute atomic E-state index is 0.171. The zero-order valence-electron chi connectivity index (χ0n) is 20.2. The summed E-state index contributed by atoms with van der Waals surface area (Å²) < 4.78 is 38.7. The van der Waals surface area contributed by atoms with Gasteiger partial charge in [-0.25, -0.2) is 4.39 Å². The average molecular weight is 490 g/mol. The Labute approximate surface area is 209 Å². The summed E-state index contributed by atoms with van der Waals surface area (Å²) in [5, 5.41) is 0. The van der Waals surface area contributed by atoms with E-state index < -0.39 is 11.9 Å². The topological polar surface area (TPSA) is 60.6 Å². The summed E-state index contributed by atoms with van der Waals surface area (Å²) in [5.41, 5.74) is 11.8. The average Bonchev–Trinajstić information content (AvgIpc) is 2.86. The normalized spacial score (nSPS) is 17.8. The Balaban J connectivity index is 1.42. The SMILES string of the molecule is C=Cc1c(N)ccc2c1C(C)=C(c1ccc(F)cn1)C(c1ccc(OCCN3CC(CF)C3)cc1)O2. The first-order chi connectivity index (χ1) is 17.5. The Morgan fingerprint density at radius 2 is 1.94 bits per heavy atom. The van der Waals surface area contributed by atoms with E-state index in [1.54, 1.807) is 12.1 Å². The molecule has 0 spiro atoms. The molecule has 0 bridgehead atoms. The Morgan fingerprint density at radius 3 is 2.61 bits per heavy atom. The molecule has 1 aromatic heterocycles. The molecule has 1 fully saturated rings. The van der Waals surface area contributed by atoms with Gasteiger partial charge in [-0.05, 0) is 54.5 Å². The molecule has 36 heavy (non-hydrogen) atoms. The van der Waals surface area contributed by atoms with Crippen LogP contribution < -0.4 is 15.2 Å². The summed E-state index contributed by atoms with van der Waals surface area (Å²) in [6.07, 6.45) is 2.48. The van der Waals surface area contributed by atoms with Crippen LogP contribution in [0.3, 0.4) is 0 Å². The molecule has 2 aromatic carbocycles. The van der Waals surface area contributed by atoms with E-state index in [9.17, 15) is 8.78 Å². The van der Waals surface area contributed by atoms with Gasteiger partial charge in [0.25, 0.3) is 0 Å². The number of aromatic nitrogens is 1. The Bertz CT molecular complexity index is 1280. The number of hydrogen-bond acceptors (Lipinski definition) is 5. The van der Waals surface area contributed by atoms with Crippen molar-refractivity contribution in [1.29, 1.82) is 0 Å². The molecule has 7 heteroatoms. The highest BCUT2D eigenvalue weighted by Gasteiger charge is 2.32. The maximum Gasteiger partial charge on any atom is 0.151 e. The van der Waals surface area contributed by atoms with Crippen molar-refractivity contribution in [2.45, 2.75) is 13.0 Å². The number of nitrogens with two attached hydrogens (primary N) is 1. The Morgan fingerprint density at radius 1 is 1.17 bits per heavy atom. The van der Waals surface area contributed by atoms with Gasteiger partial charge in [0, 0.05) is 47.9 Å². The fourth-order valence-corrected chi connectivity index (χ4v) is 4.92. The van der Waals surface area contributed by atoms with Gasteiger partial charge in [0.1, 0.15) is 23.9 Å². The molecule has 5 rings (SSSR count). The minimum atomic E-state index is -0.454. The molecule has 2 aliphatic rings. The smallest absolute Gasteiger partial charge is 0.151 e. The Kier molecular flexibility index (Phi) is 6.74. The Hall–Kier alpha value is -3.71. The molecule has 0 amide bonds. The van der Waals surface area contributed by atoms with Crippen LogP contribution in [0.25, 0.3) is 17.2 Å². The van der Waals surface area contributed by atoms with Gasteiger partial charge in [-0.3, -0.25) is 14.3 Å². The molecule has 3 aromatic rings. The summed E-state index contributed by atoms with van der Waals surface area (Å²) in [6.45, 7) is 8.59. The van der Waals surface area contributed by atoms with Gasteiger partial charge in [-0.2, -0.15) is 0 Å². The van der Waals surface area contributed by atoms with E-state index in [2.05, 4.69) is 16.5 Å². The summed E-state index contributed by atoms with van der Waals surface area (Å²) in [6, 6.07) is 14.5. The third-order valence-electron chi connectivity index (χ3n) is 6.84. The van der Waals surface area contributed by atoms with Crippen LogP contribution in [0.4, 0.5) is 14.5 Å². The second-order valence-electron chi connectivity index (χ2n) is 9.24. The summed E-state index contributed by atoms with van der Waals surface area (Å²) in [5.74, 6) is 1.22. The number of nitrogen functional groups attached to an aromatic ring is 1. The first-order valence-electron chi connectivity index (χ1n) is 12.0. The van der Waals surface area contributed by atoms with Gasteiger partial charge >= 0.3 is 0 Å². The number of alkyl halides is 1. The second-order valence-corrected chi connectivity index (χ2v) is 9.24. The van der Waals surface area contributed by atoms with E-state index in [0.717, 1.165) is 53.2 Å². The largest absolute Gasteiger partial charge is 0.492 e. The van der Waals surface area contributed by atoms with Crippen molar-refractivity contribution in [3.8, 4) is 11.5 Å². The monoisotopic (exact) mass is 489 g/mol. The molecular weight excluding hydrogens is 460 g/mol. The van der Waals surface area contributed by atoms with Crippen molar-refractivity contribution in [2.75, 3.05) is 38.6 Å². The second kappa shape index (κ2) is 10.1. The number of benzene rings is 2. The molecule has 2 N–H and O–H groups in total. The summed E-state index contributed by atoms with van der Waals surface area (Å²) in [4.78, 5) is 6.54. The van der Waals surface area contributed by atoms with Crippen LogP contribution in [-0.4, -0.2) is 42.8 Å². The maximum atomic E-state index is 13.7. The number of allylic oxidation sites excluding steroid dienone is 1. The molecule has 0 saturated carbocycles. The van der Waals surface area contributed by atoms with Crippen LogP contribution >= 0.6 is 0 Å². The summed E-state index contributed by atoms with van der Waals surface area (Å²) >= 11 is 0. The number of halogens is 2. The highest BCUT2D eigenvalue weighted by atomic mass is 19.1. The first-order valence-corrected chi connectivity index (χ1v) is 12.0. The number of pyridine rings is 1. The number of likely N-dealkylation sites (tertiary alicyclic amines) is 1. The van der Waals surface area contributed by atoms with Crippen molar-refractivity contribution in [1.82, 2.24) is 9.88 Å². The van der Waals surface area contributed by atoms with Gasteiger partial charge in [0.2, 0.25) is 0 Å². The molecule has 1 saturated heterocycles. The van der Waals surface area contributed by atoms with Gasteiger partial charge in [-0.1, -0.05) is 24.8 Å². The third-order valence-corrected chi connectivity index (χ3v) is 6.84. The van der Waals surface area contributed by atoms with E-state index >= 15 is 0 Å². The third kappa shape index (κ3) is 4.58. The van der Waals surface area contributed by atoms with Crippen LogP contribution in [0.15, 0.2) is 61.3 Å². The quantitative estimate of drug-likeness (QED) is 0.406. The van der Waals surface area contributed by atoms with E-state index in [0.29, 0.717) is 23.7 Å². The van der Waals surface area contributed by atoms with Crippen LogP contribution in [0, 0.1) is 11.7 Å². The fourth-order valence-electron chi connectivity index (χ4n) is 4.92. The lowest BCUT2D eigenvalue weighted by Gasteiger charge is -2.37. The molecule has 1 atom stereocenters. The number of hydrogen-bond donors (Lipinski definition) is 1. The van der Waals surface area contributed by atoms with Crippen molar-refractivity contribution in [3.05, 3.63) is 89.5 Å². The van der Waals surface area contributed by atoms with Crippen LogP contribution in [0.2, 0.25) is 0 Å². The zero-order valence-corrected chi connectivity index (χ0v) is 20.2. The molecule has 5 nitrogen and oxygen atoms in total. The van der Waals surface area contributed by atoms with E-state index in [1.165, 1.54) is 12.3 Å². The highest BCUT2D eigenvalue weighted by Crippen LogP contribution is 2.48. The fraction of sp³-hybridized carbons (Fsp3) is 0.276. The highest BCUT2D eigenvalue weighted by molar-refractivity contribution is 5.98. The van der Waals surface area contributed by atoms with Crippen molar-refractivity contribution in [3.63, 3.8) is 0 Å². The number of rotatable bonds is 8. The molecule has 3 heterocycles. The van der Waals surface area contributed by atoms with Gasteiger partial charge < -0.3 is 15.2 Å². The predicted octanol–water partition coefficient (Wildman–Crippen LogP) is 5.79. The van der Waals surface area contributed by atoms with E-state index in [-0.39, 0.29) is 12.6 Å². The molecule has 0 radical (unpaired) electrons. The van der Waals surface area contributed by atoms with Crippen LogP contribution in [-0.2, 0) is 0 Å². The van der Waals surface area contributed by atoms with Crippen molar-refractivity contribution >= 4 is 22.9 Å². The number of fused-ring (bicyclic) bond motifs is 1. The molecule has 2 aliphatic heterocycles. The van der Waals surface area contributed by atoms with Crippen LogP contribution in [0.5, 0.6) is 11.5 Å². The van der Waals surface area contributed by atoms with E-state index in [4.69, 9.17) is 15.2 Å². The summed E-state index contributed by atoms with van der Waals surface area (Å²) in [7, 11) is 0. The molecule has 186 valence electrons. The van der Waals surface area contributed by atoms with Gasteiger partial charge in [-0.15, -0.1) is 0 Å². The lowest BCUT2D eigenvalue weighted by Crippen LogP contribution is -2.49. The molecular formula is C29H29F2N3O2. The standard InChI is InChI=1S/C29H29F2N3O2/c1-3-23-24(32)9-11-26-27(23)18(2)28(25-10-6-21(31)15-33-25)29(36-26)20-4-7-22(8-5-20)35-13-12-34-16-19(14-30)17-34/h3-11,15,19,29H,1,12-14,16-17,32H2,2H3. The van der Waals surface area contributed by atoms with Crippen molar-refractivity contribution in [2.24, 2.45) is 5.92 Å². The van der Waals surface area contributed by atoms with Crippen LogP contribution in [0.1, 0.15) is 35.4 Å². The lowest BCUT2D eigenvalue weighted by atomic mass is 9.86. The first kappa shape index (κ1) is 24.0. The van der Waals surface area contributed by atoms with Crippen molar-refractivity contribution < 1.29 is 18.3 Å². The van der Waals surface area contributed by atoms with Gasteiger partial charge in [0.05, 0.1) is 18.6 Å². The molecule has 1 unspecified atom stereocenters. The minimum Gasteiger partial charge on any atom is -0.492 e. The number of nitrogens with zero attached hydrogens (tertiary/aromatic N) is 2. The van der Waals surface area contributed by atoms with Gasteiger partial charge in [0.15, 0.2) is 6.10 Å². The number of ether oxygens (including phenoxy) is 2. The maximum absolute atomic E-state index is 13.7. The predicted molar refractivity (Wildman–Crippen MR) is 139 cm³/mol. The lowest BCUT2D eigenvalue weighted by molar-refractivity contribution is 0.0668. The van der Waals surface area contributed by atoms with E-state index in [1.807, 2.05) is 43.3 Å². The molecule has 0 aliphatic carbocycles. The zero-order chi connectivity index (χ0) is 25.2.